The van der Waals surface area contributed by atoms with Gasteiger partial charge in [-0.1, -0.05) is 199 Å². The van der Waals surface area contributed by atoms with Crippen LogP contribution in [0.25, 0.3) is 90.1 Å². The molecule has 0 unspecified atom stereocenters. The quantitative estimate of drug-likeness (QED) is 0.103. The minimum Gasteiger partial charge on any atom is -0.494 e. The van der Waals surface area contributed by atoms with Crippen LogP contribution in [0.4, 0.5) is 0 Å². The summed E-state index contributed by atoms with van der Waals surface area (Å²) in [5.74, 6) is 3.54. The van der Waals surface area contributed by atoms with Gasteiger partial charge in [0.25, 0.3) is 6.33 Å². The summed E-state index contributed by atoms with van der Waals surface area (Å²) in [6.07, 6.45) is 1.58. The van der Waals surface area contributed by atoms with Gasteiger partial charge in [0.15, 0.2) is 5.21 Å². The Kier molecular flexibility index (Phi) is 14.3. The summed E-state index contributed by atoms with van der Waals surface area (Å²) in [5, 5.41) is 10.2. The molecular formula is C62H55N8O2+. The second kappa shape index (κ2) is 22.1. The molecule has 11 aromatic rings. The van der Waals surface area contributed by atoms with Crippen LogP contribution in [0.1, 0.15) is 20.8 Å². The minimum atomic E-state index is 0.291. The minimum absolute atomic E-state index is 0.291. The second-order valence-electron chi connectivity index (χ2n) is 17.0. The Balaban J connectivity index is 0.000000167. The van der Waals surface area contributed by atoms with E-state index < -0.39 is 0 Å². The third kappa shape index (κ3) is 9.97. The highest BCUT2D eigenvalue weighted by molar-refractivity contribution is 5.89. The molecule has 3 heterocycles. The summed E-state index contributed by atoms with van der Waals surface area (Å²) in [7, 11) is 0. The summed E-state index contributed by atoms with van der Waals surface area (Å²) in [5.41, 5.74) is 15.3. The maximum Gasteiger partial charge on any atom is 0.291 e. The van der Waals surface area contributed by atoms with Crippen LogP contribution in [0.5, 0.6) is 11.5 Å². The predicted molar refractivity (Wildman–Crippen MR) is 288 cm³/mol. The highest BCUT2D eigenvalue weighted by atomic mass is 16.5. The van der Waals surface area contributed by atoms with E-state index in [9.17, 15) is 0 Å². The van der Waals surface area contributed by atoms with E-state index in [2.05, 4.69) is 214 Å². The molecule has 0 aliphatic carbocycles. The maximum atomic E-state index is 5.97. The number of aromatic amines is 1. The van der Waals surface area contributed by atoms with Crippen LogP contribution in [0.2, 0.25) is 0 Å². The lowest BCUT2D eigenvalue weighted by Gasteiger charge is -2.14. The van der Waals surface area contributed by atoms with Gasteiger partial charge >= 0.3 is 0 Å². The number of benzene rings is 8. The normalized spacial score (nSPS) is 10.9. The molecule has 10 nitrogen and oxygen atoms in total. The van der Waals surface area contributed by atoms with E-state index in [1.807, 2.05) is 49.4 Å². The van der Waals surface area contributed by atoms with Gasteiger partial charge < -0.3 is 18.6 Å². The Morgan fingerprint density at radius 2 is 0.806 bits per heavy atom. The summed E-state index contributed by atoms with van der Waals surface area (Å²) < 4.78 is 18.1. The van der Waals surface area contributed by atoms with Crippen LogP contribution >= 0.6 is 0 Å². The molecule has 0 spiro atoms. The summed E-state index contributed by atoms with van der Waals surface area (Å²) in [4.78, 5) is 10.6. The fourth-order valence-electron chi connectivity index (χ4n) is 9.24. The standard InChI is InChI=1S/C31H26N6O.C31H28N2O/c1-2-37-30(24-14-7-4-8-15-24)29(23-12-5-3-6-13-23)33-31(37)28-19-10-9-18-27(28)25-16-11-17-26(20-25)38-22-36-21-32-34-35-36;1-3-33-30(24-16-9-6-10-17-24)29(23-14-7-5-8-15-23)32-31(33)28-21-12-11-20-27(28)25-18-13-19-26(22-25)34-4-2/h3-21H,2,22H2,1H3;5-22H,3-4H2,1-2H3/p+1. The Labute approximate surface area is 420 Å². The van der Waals surface area contributed by atoms with Crippen molar-refractivity contribution in [1.82, 2.24) is 34.6 Å². The summed E-state index contributed by atoms with van der Waals surface area (Å²) in [6, 6.07) is 75.3. The molecule has 11 rings (SSSR count). The molecule has 0 bridgehead atoms. The molecule has 0 radical (unpaired) electrons. The van der Waals surface area contributed by atoms with Gasteiger partial charge in [-0.05, 0) is 67.3 Å². The molecule has 0 saturated carbocycles. The van der Waals surface area contributed by atoms with E-state index in [-0.39, 0.29) is 0 Å². The smallest absolute Gasteiger partial charge is 0.291 e. The number of H-pyrrole nitrogens is 1. The maximum absolute atomic E-state index is 5.97. The number of hydrogen-bond donors (Lipinski definition) is 1. The molecule has 0 amide bonds. The average Bonchev–Trinajstić information content (AvgIpc) is 4.22. The van der Waals surface area contributed by atoms with E-state index in [0.29, 0.717) is 13.3 Å². The molecule has 72 heavy (non-hydrogen) atoms. The molecule has 0 saturated heterocycles. The number of tetrazole rings is 1. The number of aromatic nitrogens is 8. The molecule has 0 aliphatic rings. The zero-order valence-corrected chi connectivity index (χ0v) is 40.6. The van der Waals surface area contributed by atoms with E-state index >= 15 is 0 Å². The van der Waals surface area contributed by atoms with Crippen LogP contribution in [0, 0.1) is 0 Å². The van der Waals surface area contributed by atoms with Crippen LogP contribution in [0.15, 0.2) is 225 Å². The third-order valence-electron chi connectivity index (χ3n) is 12.5. The molecule has 0 aliphatic heterocycles. The molecule has 354 valence electrons. The summed E-state index contributed by atoms with van der Waals surface area (Å²) >= 11 is 0. The van der Waals surface area contributed by atoms with Gasteiger partial charge in [-0.2, -0.15) is 0 Å². The van der Waals surface area contributed by atoms with Gasteiger partial charge in [0.05, 0.1) is 29.4 Å². The first kappa shape index (κ1) is 46.6. The SMILES string of the molecule is CCOc1cccc(-c2ccccc2-c2nc(-c3ccccc3)c(-c3ccccc3)n2CC)c1.CCn1c(-c2ccccc2-c2cccc(OC[n+]3cnn[nH]3)c2)nc(-c2ccccc2)c1-c1ccccc1. The van der Waals surface area contributed by atoms with Gasteiger partial charge in [-0.3, -0.25) is 0 Å². The van der Waals surface area contributed by atoms with Gasteiger partial charge in [0.1, 0.15) is 28.2 Å². The average molecular weight is 944 g/mol. The predicted octanol–water partition coefficient (Wildman–Crippen LogP) is 14.0. The van der Waals surface area contributed by atoms with Crippen molar-refractivity contribution in [2.24, 2.45) is 0 Å². The molecule has 10 heteroatoms. The Bertz CT molecular complexity index is 3500. The van der Waals surface area contributed by atoms with Crippen LogP contribution in [-0.4, -0.2) is 41.2 Å². The highest BCUT2D eigenvalue weighted by Crippen LogP contribution is 2.42. The van der Waals surface area contributed by atoms with Crippen LogP contribution in [-0.2, 0) is 19.8 Å². The number of nitrogens with one attached hydrogen (secondary N) is 1. The second-order valence-corrected chi connectivity index (χ2v) is 17.0. The van der Waals surface area contributed by atoms with Crippen LogP contribution < -0.4 is 14.2 Å². The highest BCUT2D eigenvalue weighted by Gasteiger charge is 2.24. The largest absolute Gasteiger partial charge is 0.494 e. The zero-order chi connectivity index (χ0) is 49.1. The van der Waals surface area contributed by atoms with Gasteiger partial charge in [-0.15, -0.1) is 4.68 Å². The topological polar surface area (TPSA) is 99.5 Å². The van der Waals surface area contributed by atoms with E-state index in [1.54, 1.807) is 11.0 Å². The summed E-state index contributed by atoms with van der Waals surface area (Å²) in [6.45, 7) is 8.90. The van der Waals surface area contributed by atoms with Crippen molar-refractivity contribution in [2.75, 3.05) is 6.61 Å². The number of imidazole rings is 2. The van der Waals surface area contributed by atoms with Crippen molar-refractivity contribution in [3.05, 3.63) is 225 Å². The number of hydrogen-bond acceptors (Lipinski definition) is 6. The number of ether oxygens (including phenoxy) is 2. The van der Waals surface area contributed by atoms with Crippen molar-refractivity contribution >= 4 is 0 Å². The molecule has 1 N–H and O–H groups in total. The molecule has 0 atom stereocenters. The van der Waals surface area contributed by atoms with Crippen molar-refractivity contribution in [2.45, 2.75) is 40.6 Å². The monoisotopic (exact) mass is 943 g/mol. The van der Waals surface area contributed by atoms with Crippen molar-refractivity contribution in [1.29, 1.82) is 0 Å². The first-order chi connectivity index (χ1) is 35.6. The van der Waals surface area contributed by atoms with E-state index in [1.165, 1.54) is 0 Å². The van der Waals surface area contributed by atoms with Crippen molar-refractivity contribution in [3.63, 3.8) is 0 Å². The Hall–Kier alpha value is -9.15. The zero-order valence-electron chi connectivity index (χ0n) is 40.6. The first-order valence-electron chi connectivity index (χ1n) is 24.4. The molecular weight excluding hydrogens is 889 g/mol. The number of nitrogens with zero attached hydrogens (tertiary/aromatic N) is 7. The first-order valence-corrected chi connectivity index (χ1v) is 24.4. The van der Waals surface area contributed by atoms with Gasteiger partial charge in [-0.25, -0.2) is 9.97 Å². The van der Waals surface area contributed by atoms with Crippen LogP contribution in [0.3, 0.4) is 0 Å². The van der Waals surface area contributed by atoms with E-state index in [0.717, 1.165) is 115 Å². The van der Waals surface area contributed by atoms with Crippen molar-refractivity contribution < 1.29 is 14.2 Å². The third-order valence-corrected chi connectivity index (χ3v) is 12.5. The fourth-order valence-corrected chi connectivity index (χ4v) is 9.24. The fraction of sp³-hybridized carbons (Fsp3) is 0.113. The Morgan fingerprint density at radius 1 is 0.417 bits per heavy atom. The van der Waals surface area contributed by atoms with Gasteiger partial charge in [0.2, 0.25) is 6.73 Å². The van der Waals surface area contributed by atoms with Gasteiger partial charge in [0, 0.05) is 46.5 Å². The van der Waals surface area contributed by atoms with E-state index in [4.69, 9.17) is 19.4 Å². The lowest BCUT2D eigenvalue weighted by atomic mass is 9.99. The Morgan fingerprint density at radius 3 is 1.21 bits per heavy atom. The lowest BCUT2D eigenvalue weighted by molar-refractivity contribution is -0.778. The van der Waals surface area contributed by atoms with Crippen molar-refractivity contribution in [3.8, 4) is 102 Å². The molecule has 8 aromatic carbocycles. The molecule has 0 fully saturated rings. The number of rotatable bonds is 15. The molecule has 3 aromatic heterocycles. The lowest BCUT2D eigenvalue weighted by Crippen LogP contribution is -2.38.